The van der Waals surface area contributed by atoms with Gasteiger partial charge in [0.2, 0.25) is 0 Å². The van der Waals surface area contributed by atoms with E-state index < -0.39 is 0 Å². The molecule has 1 aromatic heterocycles. The number of aromatic nitrogens is 1. The first-order valence-corrected chi connectivity index (χ1v) is 8.73. The lowest BCUT2D eigenvalue weighted by atomic mass is 10.1. The molecule has 2 fully saturated rings. The van der Waals surface area contributed by atoms with E-state index >= 15 is 0 Å². The minimum Gasteiger partial charge on any atom is -0.353 e. The van der Waals surface area contributed by atoms with Crippen molar-refractivity contribution in [1.29, 1.82) is 0 Å². The van der Waals surface area contributed by atoms with Crippen molar-refractivity contribution in [2.75, 3.05) is 31.1 Å². The van der Waals surface area contributed by atoms with Gasteiger partial charge in [0.15, 0.2) is 0 Å². The zero-order chi connectivity index (χ0) is 14.9. The molecule has 3 nitrogen and oxygen atoms in total. The van der Waals surface area contributed by atoms with Crippen LogP contribution in [0.25, 0.3) is 10.8 Å². The summed E-state index contributed by atoms with van der Waals surface area (Å²) in [6, 6.07) is 11.2. The SMILES string of the molecule is Clc1cc2ccccc2c(N2CCN(C3CCCC3)CC2)n1. The molecule has 0 amide bonds. The second-order valence-electron chi connectivity index (χ2n) is 6.45. The number of pyridine rings is 1. The van der Waals surface area contributed by atoms with E-state index in [0.717, 1.165) is 38.0 Å². The number of hydrogen-bond donors (Lipinski definition) is 0. The Balaban J connectivity index is 1.56. The number of rotatable bonds is 2. The first-order valence-electron chi connectivity index (χ1n) is 8.35. The summed E-state index contributed by atoms with van der Waals surface area (Å²) >= 11 is 6.23. The predicted molar refractivity (Wildman–Crippen MR) is 92.8 cm³/mol. The summed E-state index contributed by atoms with van der Waals surface area (Å²) in [7, 11) is 0. The molecular weight excluding hydrogens is 294 g/mol. The first kappa shape index (κ1) is 14.3. The van der Waals surface area contributed by atoms with E-state index in [-0.39, 0.29) is 0 Å². The van der Waals surface area contributed by atoms with Gasteiger partial charge < -0.3 is 4.90 Å². The van der Waals surface area contributed by atoms with E-state index in [9.17, 15) is 0 Å². The molecule has 1 aliphatic carbocycles. The van der Waals surface area contributed by atoms with Crippen molar-refractivity contribution < 1.29 is 0 Å². The van der Waals surface area contributed by atoms with Crippen LogP contribution in [-0.4, -0.2) is 42.1 Å². The lowest BCUT2D eigenvalue weighted by molar-refractivity contribution is 0.187. The number of anilines is 1. The predicted octanol–water partition coefficient (Wildman–Crippen LogP) is 3.95. The largest absolute Gasteiger partial charge is 0.353 e. The maximum atomic E-state index is 6.23. The monoisotopic (exact) mass is 315 g/mol. The third kappa shape index (κ3) is 2.68. The normalized spacial score (nSPS) is 20.9. The number of fused-ring (bicyclic) bond motifs is 1. The molecule has 0 unspecified atom stereocenters. The molecule has 22 heavy (non-hydrogen) atoms. The molecule has 1 saturated carbocycles. The van der Waals surface area contributed by atoms with Gasteiger partial charge in [0.05, 0.1) is 0 Å². The molecule has 2 heterocycles. The number of piperazine rings is 1. The minimum atomic E-state index is 0.590. The van der Waals surface area contributed by atoms with Crippen LogP contribution in [0.4, 0.5) is 5.82 Å². The quantitative estimate of drug-likeness (QED) is 0.782. The molecule has 0 bridgehead atoms. The number of halogens is 1. The topological polar surface area (TPSA) is 19.4 Å². The molecule has 0 radical (unpaired) electrons. The van der Waals surface area contributed by atoms with Gasteiger partial charge in [-0.3, -0.25) is 4.90 Å². The van der Waals surface area contributed by atoms with E-state index in [0.29, 0.717) is 5.15 Å². The molecule has 2 aliphatic rings. The second-order valence-corrected chi connectivity index (χ2v) is 6.84. The van der Waals surface area contributed by atoms with Crippen LogP contribution in [0, 0.1) is 0 Å². The van der Waals surface area contributed by atoms with Gasteiger partial charge in [0, 0.05) is 37.6 Å². The number of nitrogens with zero attached hydrogens (tertiary/aromatic N) is 3. The fourth-order valence-corrected chi connectivity index (χ4v) is 4.16. The van der Waals surface area contributed by atoms with E-state index in [4.69, 9.17) is 11.6 Å². The molecule has 1 aliphatic heterocycles. The maximum Gasteiger partial charge on any atom is 0.138 e. The summed E-state index contributed by atoms with van der Waals surface area (Å²) in [5.41, 5.74) is 0. The third-order valence-electron chi connectivity index (χ3n) is 5.14. The van der Waals surface area contributed by atoms with Gasteiger partial charge in [-0.25, -0.2) is 4.98 Å². The van der Waals surface area contributed by atoms with Gasteiger partial charge in [-0.05, 0) is 24.3 Å². The lowest BCUT2D eigenvalue weighted by Gasteiger charge is -2.39. The van der Waals surface area contributed by atoms with Crippen LogP contribution in [0.2, 0.25) is 5.15 Å². The van der Waals surface area contributed by atoms with Gasteiger partial charge in [-0.1, -0.05) is 48.7 Å². The molecule has 2 aromatic rings. The van der Waals surface area contributed by atoms with Crippen LogP contribution >= 0.6 is 11.6 Å². The zero-order valence-electron chi connectivity index (χ0n) is 12.8. The molecule has 0 atom stereocenters. The summed E-state index contributed by atoms with van der Waals surface area (Å²) in [6.45, 7) is 4.39. The number of benzene rings is 1. The summed E-state index contributed by atoms with van der Waals surface area (Å²) in [5.74, 6) is 1.05. The Kier molecular flexibility index (Phi) is 3.93. The minimum absolute atomic E-state index is 0.590. The highest BCUT2D eigenvalue weighted by Gasteiger charge is 2.27. The van der Waals surface area contributed by atoms with Crippen molar-refractivity contribution in [3.8, 4) is 0 Å². The molecule has 0 spiro atoms. The average Bonchev–Trinajstić information content (AvgIpc) is 3.09. The van der Waals surface area contributed by atoms with Crippen LogP contribution in [0.3, 0.4) is 0 Å². The summed E-state index contributed by atoms with van der Waals surface area (Å²) < 4.78 is 0. The molecule has 116 valence electrons. The molecule has 1 aromatic carbocycles. The van der Waals surface area contributed by atoms with Gasteiger partial charge in [-0.2, -0.15) is 0 Å². The first-order chi connectivity index (χ1) is 10.8. The van der Waals surface area contributed by atoms with Gasteiger partial charge in [-0.15, -0.1) is 0 Å². The maximum absolute atomic E-state index is 6.23. The average molecular weight is 316 g/mol. The molecule has 0 N–H and O–H groups in total. The Bertz CT molecular complexity index is 658. The van der Waals surface area contributed by atoms with Crippen molar-refractivity contribution in [1.82, 2.24) is 9.88 Å². The Hall–Kier alpha value is -1.32. The van der Waals surface area contributed by atoms with Crippen molar-refractivity contribution in [3.05, 3.63) is 35.5 Å². The Labute approximate surface area is 136 Å². The Morgan fingerprint density at radius 3 is 2.50 bits per heavy atom. The summed E-state index contributed by atoms with van der Waals surface area (Å²) in [6.07, 6.45) is 5.59. The van der Waals surface area contributed by atoms with Crippen molar-refractivity contribution in [2.24, 2.45) is 0 Å². The Morgan fingerprint density at radius 2 is 1.73 bits per heavy atom. The van der Waals surface area contributed by atoms with E-state index in [1.165, 1.54) is 36.5 Å². The van der Waals surface area contributed by atoms with Crippen molar-refractivity contribution in [2.45, 2.75) is 31.7 Å². The zero-order valence-corrected chi connectivity index (χ0v) is 13.6. The van der Waals surface area contributed by atoms with Crippen LogP contribution in [0.5, 0.6) is 0 Å². The lowest BCUT2D eigenvalue weighted by Crippen LogP contribution is -2.50. The van der Waals surface area contributed by atoms with Crippen molar-refractivity contribution >= 4 is 28.2 Å². The van der Waals surface area contributed by atoms with E-state index in [1.807, 2.05) is 6.07 Å². The molecular formula is C18H22ClN3. The van der Waals surface area contributed by atoms with E-state index in [1.54, 1.807) is 0 Å². The van der Waals surface area contributed by atoms with Crippen LogP contribution in [0.15, 0.2) is 30.3 Å². The van der Waals surface area contributed by atoms with E-state index in [2.05, 4.69) is 39.0 Å². The smallest absolute Gasteiger partial charge is 0.138 e. The fourth-order valence-electron chi connectivity index (χ4n) is 3.96. The van der Waals surface area contributed by atoms with Gasteiger partial charge >= 0.3 is 0 Å². The van der Waals surface area contributed by atoms with Crippen molar-refractivity contribution in [3.63, 3.8) is 0 Å². The highest BCUT2D eigenvalue weighted by Crippen LogP contribution is 2.30. The molecule has 4 rings (SSSR count). The summed E-state index contributed by atoms with van der Waals surface area (Å²) in [5, 5.41) is 2.98. The Morgan fingerprint density at radius 1 is 1.00 bits per heavy atom. The standard InChI is InChI=1S/C18H22ClN3/c19-17-13-14-5-1-4-8-16(14)18(20-17)22-11-9-21(10-12-22)15-6-2-3-7-15/h1,4-5,8,13,15H,2-3,6-7,9-12H2. The van der Waals surface area contributed by atoms with Gasteiger partial charge in [0.25, 0.3) is 0 Å². The highest BCUT2D eigenvalue weighted by atomic mass is 35.5. The summed E-state index contributed by atoms with van der Waals surface area (Å²) in [4.78, 5) is 9.70. The fraction of sp³-hybridized carbons (Fsp3) is 0.500. The second kappa shape index (κ2) is 6.05. The number of hydrogen-bond acceptors (Lipinski definition) is 3. The van der Waals surface area contributed by atoms with Crippen LogP contribution < -0.4 is 4.90 Å². The van der Waals surface area contributed by atoms with Crippen LogP contribution in [-0.2, 0) is 0 Å². The molecule has 1 saturated heterocycles. The highest BCUT2D eigenvalue weighted by molar-refractivity contribution is 6.30. The van der Waals surface area contributed by atoms with Gasteiger partial charge in [0.1, 0.15) is 11.0 Å². The third-order valence-corrected chi connectivity index (χ3v) is 5.34. The van der Waals surface area contributed by atoms with Crippen LogP contribution in [0.1, 0.15) is 25.7 Å². The molecule has 4 heteroatoms.